The second-order valence-corrected chi connectivity index (χ2v) is 5.05. The molecule has 0 unspecified atom stereocenters. The molecule has 0 aliphatic rings. The van der Waals surface area contributed by atoms with Crippen LogP contribution in [0.4, 0.5) is 13.2 Å². The zero-order valence-corrected chi connectivity index (χ0v) is 10.7. The molecule has 0 atom stereocenters. The quantitative estimate of drug-likeness (QED) is 0.632. The van der Waals surface area contributed by atoms with Crippen LogP contribution in [-0.4, -0.2) is 21.0 Å². The van der Waals surface area contributed by atoms with Crippen molar-refractivity contribution in [3.05, 3.63) is 22.7 Å². The molecular weight excluding hydrogens is 311 g/mol. The first-order chi connectivity index (χ1) is 8.62. The first-order valence-electron chi connectivity index (χ1n) is 4.40. The van der Waals surface area contributed by atoms with Crippen molar-refractivity contribution >= 4 is 21.7 Å². The number of halogens is 4. The third-order valence-electron chi connectivity index (χ3n) is 1.84. The highest BCUT2D eigenvalue weighted by Crippen LogP contribution is 2.37. The lowest BCUT2D eigenvalue weighted by Gasteiger charge is -2.13. The van der Waals surface area contributed by atoms with Gasteiger partial charge in [-0.15, -0.1) is 0 Å². The minimum absolute atomic E-state index is 0.0230. The number of hydrogen-bond acceptors (Lipinski definition) is 5. The van der Waals surface area contributed by atoms with Gasteiger partial charge in [-0.3, -0.25) is 0 Å². The minimum atomic E-state index is -5.90. The fourth-order valence-corrected chi connectivity index (χ4v) is 1.74. The van der Waals surface area contributed by atoms with Gasteiger partial charge in [-0.2, -0.15) is 26.9 Å². The Balaban J connectivity index is 3.41. The number of hydrogen-bond donors (Lipinski definition) is 0. The van der Waals surface area contributed by atoms with Crippen molar-refractivity contribution in [3.63, 3.8) is 0 Å². The maximum Gasteiger partial charge on any atom is 0.534 e. The van der Waals surface area contributed by atoms with E-state index in [2.05, 4.69) is 8.92 Å². The first kappa shape index (κ1) is 15.4. The topological polar surface area (TPSA) is 76.4 Å². The van der Waals surface area contributed by atoms with Crippen LogP contribution in [-0.2, 0) is 10.1 Å². The summed E-state index contributed by atoms with van der Waals surface area (Å²) < 4.78 is 67.0. The molecule has 0 saturated heterocycles. The number of alkyl halides is 3. The van der Waals surface area contributed by atoms with Crippen LogP contribution >= 0.6 is 11.6 Å². The smallest absolute Gasteiger partial charge is 0.493 e. The Kier molecular flexibility index (Phi) is 4.17. The maximum atomic E-state index is 12.2. The number of ether oxygens (including phenoxy) is 1. The van der Waals surface area contributed by atoms with Crippen LogP contribution in [0.25, 0.3) is 0 Å². The van der Waals surface area contributed by atoms with E-state index < -0.39 is 32.7 Å². The number of nitriles is 1. The molecule has 0 aromatic heterocycles. The Morgan fingerprint density at radius 3 is 2.37 bits per heavy atom. The zero-order valence-electron chi connectivity index (χ0n) is 9.16. The van der Waals surface area contributed by atoms with Crippen LogP contribution in [0.15, 0.2) is 12.1 Å². The first-order valence-corrected chi connectivity index (χ1v) is 6.19. The van der Waals surface area contributed by atoms with Gasteiger partial charge >= 0.3 is 15.6 Å². The molecule has 0 radical (unpaired) electrons. The summed E-state index contributed by atoms with van der Waals surface area (Å²) in [5.41, 5.74) is -6.12. The summed E-state index contributed by atoms with van der Waals surface area (Å²) in [6.07, 6.45) is 0. The van der Waals surface area contributed by atoms with E-state index in [4.69, 9.17) is 16.9 Å². The van der Waals surface area contributed by atoms with Crippen LogP contribution in [0, 0.1) is 11.3 Å². The molecule has 0 aliphatic carbocycles. The van der Waals surface area contributed by atoms with E-state index in [0.717, 1.165) is 19.2 Å². The van der Waals surface area contributed by atoms with Crippen molar-refractivity contribution in [1.29, 1.82) is 5.26 Å². The Morgan fingerprint density at radius 1 is 1.37 bits per heavy atom. The SMILES string of the molecule is COc1cc(Cl)cc(C#N)c1OS(=O)(=O)C(F)(F)F. The van der Waals surface area contributed by atoms with Crippen LogP contribution in [0.5, 0.6) is 11.5 Å². The van der Waals surface area contributed by atoms with Gasteiger partial charge in [0.05, 0.1) is 7.11 Å². The molecule has 1 rings (SSSR count). The Labute approximate surface area is 111 Å². The highest BCUT2D eigenvalue weighted by atomic mass is 35.5. The second-order valence-electron chi connectivity index (χ2n) is 3.08. The molecule has 1 aromatic rings. The van der Waals surface area contributed by atoms with E-state index in [-0.39, 0.29) is 5.02 Å². The Bertz CT molecular complexity index is 636. The van der Waals surface area contributed by atoms with Gasteiger partial charge in [0, 0.05) is 11.1 Å². The third kappa shape index (κ3) is 3.21. The summed E-state index contributed by atoms with van der Waals surface area (Å²) in [6.45, 7) is 0. The number of rotatable bonds is 3. The van der Waals surface area contributed by atoms with Crippen LogP contribution in [0.2, 0.25) is 5.02 Å². The average molecular weight is 316 g/mol. The Hall–Kier alpha value is -1.66. The molecule has 0 amide bonds. The van der Waals surface area contributed by atoms with Crippen molar-refractivity contribution in [2.45, 2.75) is 5.51 Å². The monoisotopic (exact) mass is 315 g/mol. The standard InChI is InChI=1S/C9H5ClF3NO4S/c1-17-7-3-6(10)2-5(4-14)8(7)18-19(15,16)9(11,12)13/h2-3H,1H3. The minimum Gasteiger partial charge on any atom is -0.493 e. The lowest BCUT2D eigenvalue weighted by Crippen LogP contribution is -2.28. The van der Waals surface area contributed by atoms with Crippen LogP contribution in [0.1, 0.15) is 5.56 Å². The lowest BCUT2D eigenvalue weighted by atomic mass is 10.2. The number of nitrogens with zero attached hydrogens (tertiary/aromatic N) is 1. The summed E-state index contributed by atoms with van der Waals surface area (Å²) in [5.74, 6) is -1.27. The number of methoxy groups -OCH3 is 1. The molecule has 0 spiro atoms. The molecule has 0 aliphatic heterocycles. The molecule has 104 valence electrons. The van der Waals surface area contributed by atoms with Gasteiger partial charge < -0.3 is 8.92 Å². The predicted octanol–water partition coefficient (Wildman–Crippen LogP) is 2.45. The summed E-state index contributed by atoms with van der Waals surface area (Å²) in [7, 11) is -4.85. The summed E-state index contributed by atoms with van der Waals surface area (Å²) >= 11 is 5.58. The molecule has 10 heteroatoms. The van der Waals surface area contributed by atoms with Crippen molar-refractivity contribution in [2.24, 2.45) is 0 Å². The van der Waals surface area contributed by atoms with Crippen molar-refractivity contribution in [3.8, 4) is 17.6 Å². The molecule has 0 N–H and O–H groups in total. The van der Waals surface area contributed by atoms with E-state index >= 15 is 0 Å². The molecule has 0 heterocycles. The second kappa shape index (κ2) is 5.14. The van der Waals surface area contributed by atoms with Gasteiger partial charge in [-0.05, 0) is 6.07 Å². The molecule has 0 bridgehead atoms. The zero-order chi connectivity index (χ0) is 14.8. The highest BCUT2D eigenvalue weighted by molar-refractivity contribution is 7.88. The van der Waals surface area contributed by atoms with Gasteiger partial charge in [0.25, 0.3) is 0 Å². The normalized spacial score (nSPS) is 11.8. The van der Waals surface area contributed by atoms with Gasteiger partial charge in [0.15, 0.2) is 5.75 Å². The summed E-state index contributed by atoms with van der Waals surface area (Å²) in [5, 5.41) is 8.72. The fraction of sp³-hybridized carbons (Fsp3) is 0.222. The van der Waals surface area contributed by atoms with E-state index in [1.807, 2.05) is 0 Å². The van der Waals surface area contributed by atoms with Gasteiger partial charge in [0.1, 0.15) is 11.6 Å². The van der Waals surface area contributed by atoms with Gasteiger partial charge in [-0.1, -0.05) is 11.6 Å². The van der Waals surface area contributed by atoms with E-state index in [0.29, 0.717) is 0 Å². The van der Waals surface area contributed by atoms with E-state index in [1.54, 1.807) is 0 Å². The Morgan fingerprint density at radius 2 is 1.95 bits per heavy atom. The van der Waals surface area contributed by atoms with Gasteiger partial charge in [0.2, 0.25) is 5.75 Å². The molecule has 19 heavy (non-hydrogen) atoms. The van der Waals surface area contributed by atoms with Crippen LogP contribution in [0.3, 0.4) is 0 Å². The van der Waals surface area contributed by atoms with Gasteiger partial charge in [-0.25, -0.2) is 0 Å². The fourth-order valence-electron chi connectivity index (χ4n) is 1.05. The highest BCUT2D eigenvalue weighted by Gasteiger charge is 2.49. The summed E-state index contributed by atoms with van der Waals surface area (Å²) in [4.78, 5) is 0. The van der Waals surface area contributed by atoms with E-state index in [1.165, 1.54) is 6.07 Å². The molecule has 1 aromatic carbocycles. The van der Waals surface area contributed by atoms with Crippen molar-refractivity contribution in [1.82, 2.24) is 0 Å². The van der Waals surface area contributed by atoms with Crippen LogP contribution < -0.4 is 8.92 Å². The molecule has 0 fully saturated rings. The molecular formula is C9H5ClF3NO4S. The largest absolute Gasteiger partial charge is 0.534 e. The predicted molar refractivity (Wildman–Crippen MR) is 58.3 cm³/mol. The molecule has 0 saturated carbocycles. The average Bonchev–Trinajstić information content (AvgIpc) is 2.28. The summed E-state index contributed by atoms with van der Waals surface area (Å²) in [6, 6.07) is 3.43. The number of benzene rings is 1. The lowest BCUT2D eigenvalue weighted by molar-refractivity contribution is -0.0500. The maximum absolute atomic E-state index is 12.2. The van der Waals surface area contributed by atoms with Crippen molar-refractivity contribution < 1.29 is 30.5 Å². The van der Waals surface area contributed by atoms with E-state index in [9.17, 15) is 21.6 Å². The molecule has 5 nitrogen and oxygen atoms in total. The van der Waals surface area contributed by atoms with Crippen molar-refractivity contribution in [2.75, 3.05) is 7.11 Å². The third-order valence-corrected chi connectivity index (χ3v) is 3.01.